The maximum atomic E-state index is 12.1. The van der Waals surface area contributed by atoms with E-state index in [4.69, 9.17) is 16.0 Å². The lowest BCUT2D eigenvalue weighted by molar-refractivity contribution is 0.614. The van der Waals surface area contributed by atoms with Crippen molar-refractivity contribution in [2.75, 3.05) is 0 Å². The van der Waals surface area contributed by atoms with Crippen LogP contribution in [0.25, 0.3) is 33.3 Å². The van der Waals surface area contributed by atoms with Gasteiger partial charge in [0, 0.05) is 21.9 Å². The molecule has 0 bridgehead atoms. The molecule has 0 fully saturated rings. The lowest BCUT2D eigenvalue weighted by Crippen LogP contribution is -2.03. The SMILES string of the molecule is O=c1cc2oc3ccc(Cl)cc3nc-2c2ccccc12. The van der Waals surface area contributed by atoms with Crippen LogP contribution in [0.5, 0.6) is 0 Å². The van der Waals surface area contributed by atoms with Crippen molar-refractivity contribution in [3.8, 4) is 11.5 Å². The summed E-state index contributed by atoms with van der Waals surface area (Å²) in [6.45, 7) is 0. The Morgan fingerprint density at radius 2 is 1.80 bits per heavy atom. The van der Waals surface area contributed by atoms with E-state index >= 15 is 0 Å². The van der Waals surface area contributed by atoms with Crippen molar-refractivity contribution in [3.63, 3.8) is 0 Å². The Balaban J connectivity index is 2.26. The Labute approximate surface area is 118 Å². The fourth-order valence-electron chi connectivity index (χ4n) is 2.40. The van der Waals surface area contributed by atoms with Crippen LogP contribution in [0.4, 0.5) is 0 Å². The highest BCUT2D eigenvalue weighted by molar-refractivity contribution is 6.31. The Morgan fingerprint density at radius 3 is 2.65 bits per heavy atom. The summed E-state index contributed by atoms with van der Waals surface area (Å²) in [7, 11) is 0. The van der Waals surface area contributed by atoms with Crippen molar-refractivity contribution >= 4 is 33.5 Å². The van der Waals surface area contributed by atoms with Gasteiger partial charge in [-0.25, -0.2) is 4.98 Å². The second kappa shape index (κ2) is 4.05. The second-order valence-electron chi connectivity index (χ2n) is 4.59. The zero-order chi connectivity index (χ0) is 13.7. The normalized spacial score (nSPS) is 11.4. The molecule has 4 rings (SSSR count). The molecule has 3 nitrogen and oxygen atoms in total. The number of hydrogen-bond donors (Lipinski definition) is 0. The minimum Gasteiger partial charge on any atom is -0.453 e. The summed E-state index contributed by atoms with van der Waals surface area (Å²) in [6.07, 6.45) is 0. The van der Waals surface area contributed by atoms with E-state index in [9.17, 15) is 4.79 Å². The Hall–Kier alpha value is -2.39. The Bertz CT molecular complexity index is 990. The summed E-state index contributed by atoms with van der Waals surface area (Å²) in [5.74, 6) is 0.489. The number of hydrogen-bond acceptors (Lipinski definition) is 3. The third kappa shape index (κ3) is 1.60. The summed E-state index contributed by atoms with van der Waals surface area (Å²) in [5, 5.41) is 2.04. The molecule has 0 saturated carbocycles. The van der Waals surface area contributed by atoms with Crippen molar-refractivity contribution in [2.24, 2.45) is 0 Å². The Morgan fingerprint density at radius 1 is 1.00 bits per heavy atom. The van der Waals surface area contributed by atoms with Gasteiger partial charge in [0.25, 0.3) is 0 Å². The fraction of sp³-hybridized carbons (Fsp3) is 0. The molecular formula is C16H8ClNO2. The van der Waals surface area contributed by atoms with Gasteiger partial charge in [-0.2, -0.15) is 0 Å². The topological polar surface area (TPSA) is 43.1 Å². The van der Waals surface area contributed by atoms with Crippen molar-refractivity contribution in [1.82, 2.24) is 4.98 Å². The maximum absolute atomic E-state index is 12.1. The van der Waals surface area contributed by atoms with Gasteiger partial charge in [0.1, 0.15) is 11.2 Å². The summed E-state index contributed by atoms with van der Waals surface area (Å²) in [5.41, 5.74) is 1.90. The van der Waals surface area contributed by atoms with E-state index in [-0.39, 0.29) is 5.43 Å². The third-order valence-electron chi connectivity index (χ3n) is 3.32. The fourth-order valence-corrected chi connectivity index (χ4v) is 2.56. The van der Waals surface area contributed by atoms with Gasteiger partial charge in [-0.3, -0.25) is 4.79 Å². The van der Waals surface area contributed by atoms with E-state index in [0.29, 0.717) is 33.0 Å². The first kappa shape index (κ1) is 11.4. The highest BCUT2D eigenvalue weighted by atomic mass is 35.5. The van der Waals surface area contributed by atoms with E-state index in [1.807, 2.05) is 18.2 Å². The Kier molecular flexibility index (Phi) is 2.32. The standard InChI is InChI=1S/C16H8ClNO2/c17-9-5-6-14-12(7-9)18-16-11-4-2-1-3-10(11)13(19)8-15(16)20-14/h1-8H. The highest BCUT2D eigenvalue weighted by Crippen LogP contribution is 2.30. The van der Waals surface area contributed by atoms with E-state index < -0.39 is 0 Å². The molecule has 0 saturated heterocycles. The molecule has 2 aromatic carbocycles. The van der Waals surface area contributed by atoms with Crippen molar-refractivity contribution in [3.05, 3.63) is 63.8 Å². The summed E-state index contributed by atoms with van der Waals surface area (Å²) in [6, 6.07) is 14.1. The average molecular weight is 282 g/mol. The molecule has 2 aliphatic rings. The van der Waals surface area contributed by atoms with E-state index in [0.717, 1.165) is 5.39 Å². The van der Waals surface area contributed by atoms with Crippen LogP contribution in [-0.4, -0.2) is 4.98 Å². The maximum Gasteiger partial charge on any atom is 0.190 e. The summed E-state index contributed by atoms with van der Waals surface area (Å²) in [4.78, 5) is 16.7. The summed E-state index contributed by atoms with van der Waals surface area (Å²) < 4.78 is 5.77. The van der Waals surface area contributed by atoms with Crippen LogP contribution in [0.15, 0.2) is 57.7 Å². The van der Waals surface area contributed by atoms with Crippen LogP contribution in [0, 0.1) is 0 Å². The first-order chi connectivity index (χ1) is 9.72. The molecule has 1 aliphatic heterocycles. The van der Waals surface area contributed by atoms with E-state index in [1.54, 1.807) is 24.3 Å². The van der Waals surface area contributed by atoms with Gasteiger partial charge >= 0.3 is 0 Å². The van der Waals surface area contributed by atoms with Gasteiger partial charge < -0.3 is 4.42 Å². The minimum absolute atomic E-state index is 0.0630. The van der Waals surface area contributed by atoms with Crippen LogP contribution >= 0.6 is 11.6 Å². The molecule has 0 unspecified atom stereocenters. The first-order valence-corrected chi connectivity index (χ1v) is 6.52. The first-order valence-electron chi connectivity index (χ1n) is 6.14. The molecule has 4 heteroatoms. The smallest absolute Gasteiger partial charge is 0.190 e. The van der Waals surface area contributed by atoms with Gasteiger partial charge in [-0.1, -0.05) is 35.9 Å². The molecule has 0 aromatic heterocycles. The van der Waals surface area contributed by atoms with E-state index in [1.165, 1.54) is 6.07 Å². The van der Waals surface area contributed by atoms with Crippen LogP contribution in [-0.2, 0) is 0 Å². The predicted molar refractivity (Wildman–Crippen MR) is 79.4 cm³/mol. The molecule has 0 N–H and O–H groups in total. The quantitative estimate of drug-likeness (QED) is 0.360. The number of rotatable bonds is 0. The molecule has 96 valence electrons. The molecule has 0 spiro atoms. The molecule has 0 amide bonds. The largest absolute Gasteiger partial charge is 0.453 e. The van der Waals surface area contributed by atoms with Crippen molar-refractivity contribution < 1.29 is 4.42 Å². The highest BCUT2D eigenvalue weighted by Gasteiger charge is 2.15. The second-order valence-corrected chi connectivity index (χ2v) is 5.03. The van der Waals surface area contributed by atoms with Crippen LogP contribution in [0.2, 0.25) is 5.02 Å². The predicted octanol–water partition coefficient (Wildman–Crippen LogP) is 4.10. The number of halogens is 1. The molecule has 0 radical (unpaired) electrons. The third-order valence-corrected chi connectivity index (χ3v) is 3.55. The molecular weight excluding hydrogens is 274 g/mol. The average Bonchev–Trinajstić information content (AvgIpc) is 2.46. The van der Waals surface area contributed by atoms with Crippen molar-refractivity contribution in [2.45, 2.75) is 0 Å². The number of nitrogens with zero attached hydrogens (tertiary/aromatic N) is 1. The van der Waals surface area contributed by atoms with Crippen LogP contribution in [0.1, 0.15) is 0 Å². The van der Waals surface area contributed by atoms with Gasteiger partial charge in [0.05, 0.1) is 0 Å². The van der Waals surface area contributed by atoms with Gasteiger partial charge in [-0.05, 0) is 18.2 Å². The monoisotopic (exact) mass is 281 g/mol. The molecule has 2 aromatic rings. The summed E-state index contributed by atoms with van der Waals surface area (Å²) >= 11 is 5.98. The molecule has 20 heavy (non-hydrogen) atoms. The molecule has 0 atom stereocenters. The zero-order valence-electron chi connectivity index (χ0n) is 10.3. The van der Waals surface area contributed by atoms with Gasteiger partial charge in [0.15, 0.2) is 16.8 Å². The number of benzene rings is 3. The number of fused-ring (bicyclic) bond motifs is 4. The lowest BCUT2D eigenvalue weighted by Gasteiger charge is -2.09. The van der Waals surface area contributed by atoms with Crippen molar-refractivity contribution in [1.29, 1.82) is 0 Å². The van der Waals surface area contributed by atoms with Crippen LogP contribution in [0.3, 0.4) is 0 Å². The van der Waals surface area contributed by atoms with Gasteiger partial charge in [-0.15, -0.1) is 0 Å². The molecule has 1 aliphatic carbocycles. The number of aromatic nitrogens is 1. The minimum atomic E-state index is -0.0630. The van der Waals surface area contributed by atoms with Crippen LogP contribution < -0.4 is 5.43 Å². The molecule has 1 heterocycles. The van der Waals surface area contributed by atoms with E-state index in [2.05, 4.69) is 4.98 Å². The lowest BCUT2D eigenvalue weighted by atomic mass is 10.1. The zero-order valence-corrected chi connectivity index (χ0v) is 11.0. The van der Waals surface area contributed by atoms with Gasteiger partial charge in [0.2, 0.25) is 0 Å².